The van der Waals surface area contributed by atoms with Crippen molar-refractivity contribution >= 4 is 15.9 Å². The quantitative estimate of drug-likeness (QED) is 0.412. The Kier molecular flexibility index (Phi) is 10.3. The highest BCUT2D eigenvalue weighted by atomic mass is 79.9. The third-order valence-electron chi connectivity index (χ3n) is 4.33. The Hall–Kier alpha value is -1.52. The second-order valence-electron chi connectivity index (χ2n) is 6.15. The lowest BCUT2D eigenvalue weighted by atomic mass is 10.1. The molecule has 0 unspecified atom stereocenters. The van der Waals surface area contributed by atoms with E-state index in [-0.39, 0.29) is 0 Å². The molecule has 0 aromatic heterocycles. The van der Waals surface area contributed by atoms with Crippen LogP contribution in [0.1, 0.15) is 30.9 Å². The summed E-state index contributed by atoms with van der Waals surface area (Å²) in [5.41, 5.74) is 3.82. The van der Waals surface area contributed by atoms with Gasteiger partial charge in [-0.2, -0.15) is 0 Å². The molecule has 1 aromatic rings. The van der Waals surface area contributed by atoms with E-state index in [9.17, 15) is 0 Å². The van der Waals surface area contributed by atoms with E-state index in [0.717, 1.165) is 41.9 Å². The highest BCUT2D eigenvalue weighted by molar-refractivity contribution is 9.11. The molecule has 3 nitrogen and oxygen atoms in total. The smallest absolute Gasteiger partial charge is 0.101 e. The van der Waals surface area contributed by atoms with Crippen LogP contribution in [0.3, 0.4) is 0 Å². The summed E-state index contributed by atoms with van der Waals surface area (Å²) in [6, 6.07) is 8.55. The average molecular weight is 406 g/mol. The number of hydrogen-bond donors (Lipinski definition) is 2. The van der Waals surface area contributed by atoms with Crippen molar-refractivity contribution in [1.29, 1.82) is 0 Å². The predicted molar refractivity (Wildman–Crippen MR) is 114 cm³/mol. The van der Waals surface area contributed by atoms with Crippen LogP contribution in [0.25, 0.3) is 0 Å². The molecule has 2 N–H and O–H groups in total. The van der Waals surface area contributed by atoms with Crippen LogP contribution in [0, 0.1) is 6.92 Å². The van der Waals surface area contributed by atoms with Gasteiger partial charge < -0.3 is 15.5 Å². The standard InChI is InChI=1S/C21H32BrN3/c1-6-20(22)18(3)25(5)21(24-16-10-9-15-23-4)14-13-19-12-8-7-11-17(19)2/h6-8,11-12,14,23-24H,1,9-10,13,15-16H2,2-5H3/b20-18+,21-14-. The van der Waals surface area contributed by atoms with Gasteiger partial charge in [0.15, 0.2) is 0 Å². The minimum Gasteiger partial charge on any atom is -0.372 e. The minimum absolute atomic E-state index is 0.912. The Bertz CT molecular complexity index is 605. The first-order valence-electron chi connectivity index (χ1n) is 8.87. The highest BCUT2D eigenvalue weighted by Gasteiger charge is 2.09. The maximum absolute atomic E-state index is 3.85. The van der Waals surface area contributed by atoms with Crippen LogP contribution in [0.5, 0.6) is 0 Å². The zero-order valence-corrected chi connectivity index (χ0v) is 17.6. The highest BCUT2D eigenvalue weighted by Crippen LogP contribution is 2.19. The molecule has 1 rings (SSSR count). The normalized spacial score (nSPS) is 12.6. The molecule has 0 radical (unpaired) electrons. The molecule has 25 heavy (non-hydrogen) atoms. The molecule has 0 bridgehead atoms. The van der Waals surface area contributed by atoms with E-state index in [1.54, 1.807) is 0 Å². The number of benzene rings is 1. The zero-order chi connectivity index (χ0) is 18.7. The van der Waals surface area contributed by atoms with Crippen molar-refractivity contribution < 1.29 is 0 Å². The molecule has 0 aliphatic rings. The van der Waals surface area contributed by atoms with Crippen LogP contribution in [-0.4, -0.2) is 32.1 Å². The second-order valence-corrected chi connectivity index (χ2v) is 7.01. The molecule has 1 aromatic carbocycles. The van der Waals surface area contributed by atoms with Crippen molar-refractivity contribution in [2.75, 3.05) is 27.2 Å². The molecule has 0 aliphatic carbocycles. The molecular weight excluding hydrogens is 374 g/mol. The Morgan fingerprint density at radius 2 is 1.92 bits per heavy atom. The Labute approximate surface area is 162 Å². The number of nitrogens with one attached hydrogen (secondary N) is 2. The van der Waals surface area contributed by atoms with Gasteiger partial charge in [-0.15, -0.1) is 0 Å². The van der Waals surface area contributed by atoms with Gasteiger partial charge in [-0.25, -0.2) is 0 Å². The molecule has 0 spiro atoms. The number of hydrogen-bond acceptors (Lipinski definition) is 3. The fraction of sp³-hybridized carbons (Fsp3) is 0.429. The summed E-state index contributed by atoms with van der Waals surface area (Å²) in [5, 5.41) is 6.79. The summed E-state index contributed by atoms with van der Waals surface area (Å²) in [4.78, 5) is 2.18. The largest absolute Gasteiger partial charge is 0.372 e. The fourth-order valence-corrected chi connectivity index (χ4v) is 2.77. The molecule has 138 valence electrons. The monoisotopic (exact) mass is 405 g/mol. The van der Waals surface area contributed by atoms with E-state index in [1.165, 1.54) is 17.5 Å². The SMILES string of the molecule is C=C/C(Br)=C(/C)N(C)/C(=C\Cc1ccccc1C)NCCCCNC. The first-order chi connectivity index (χ1) is 12.0. The van der Waals surface area contributed by atoms with Crippen LogP contribution in [0.4, 0.5) is 0 Å². The first-order valence-corrected chi connectivity index (χ1v) is 9.66. The molecule has 0 heterocycles. The van der Waals surface area contributed by atoms with Gasteiger partial charge in [-0.1, -0.05) is 36.9 Å². The van der Waals surface area contributed by atoms with Crippen molar-refractivity contribution in [3.63, 3.8) is 0 Å². The van der Waals surface area contributed by atoms with Crippen LogP contribution in [0.2, 0.25) is 0 Å². The van der Waals surface area contributed by atoms with Crippen LogP contribution >= 0.6 is 15.9 Å². The number of rotatable bonds is 11. The van der Waals surface area contributed by atoms with Crippen LogP contribution in [-0.2, 0) is 6.42 Å². The van der Waals surface area contributed by atoms with Gasteiger partial charge >= 0.3 is 0 Å². The van der Waals surface area contributed by atoms with E-state index < -0.39 is 0 Å². The van der Waals surface area contributed by atoms with E-state index in [0.29, 0.717) is 0 Å². The van der Waals surface area contributed by atoms with Crippen LogP contribution in [0.15, 0.2) is 59.0 Å². The average Bonchev–Trinajstić information content (AvgIpc) is 2.63. The number of unbranched alkanes of at least 4 members (excludes halogenated alkanes) is 1. The number of allylic oxidation sites excluding steroid dienone is 4. The molecule has 4 heteroatoms. The van der Waals surface area contributed by atoms with Crippen molar-refractivity contribution in [3.8, 4) is 0 Å². The van der Waals surface area contributed by atoms with E-state index in [2.05, 4.69) is 89.3 Å². The van der Waals surface area contributed by atoms with Gasteiger partial charge in [-0.05, 0) is 79.8 Å². The molecule has 0 aliphatic heterocycles. The molecule has 0 saturated carbocycles. The van der Waals surface area contributed by atoms with Gasteiger partial charge in [0.05, 0.1) is 0 Å². The lowest BCUT2D eigenvalue weighted by Gasteiger charge is -2.26. The maximum atomic E-state index is 3.85. The van der Waals surface area contributed by atoms with Gasteiger partial charge in [0.2, 0.25) is 0 Å². The fourth-order valence-electron chi connectivity index (χ4n) is 2.51. The summed E-state index contributed by atoms with van der Waals surface area (Å²) in [7, 11) is 4.08. The van der Waals surface area contributed by atoms with E-state index >= 15 is 0 Å². The molecule has 0 fully saturated rings. The Morgan fingerprint density at radius 1 is 1.24 bits per heavy atom. The Morgan fingerprint density at radius 3 is 2.56 bits per heavy atom. The van der Waals surface area contributed by atoms with Crippen molar-refractivity contribution in [3.05, 3.63) is 70.1 Å². The summed E-state index contributed by atoms with van der Waals surface area (Å²) in [6.45, 7) is 10.1. The molecule has 0 atom stereocenters. The third kappa shape index (κ3) is 7.49. The minimum atomic E-state index is 0.912. The van der Waals surface area contributed by atoms with Crippen molar-refractivity contribution in [1.82, 2.24) is 15.5 Å². The van der Waals surface area contributed by atoms with Crippen molar-refractivity contribution in [2.24, 2.45) is 0 Å². The van der Waals surface area contributed by atoms with Crippen molar-refractivity contribution in [2.45, 2.75) is 33.1 Å². The summed E-state index contributed by atoms with van der Waals surface area (Å²) in [6.07, 6.45) is 7.32. The van der Waals surface area contributed by atoms with Gasteiger partial charge in [0.1, 0.15) is 5.82 Å². The summed E-state index contributed by atoms with van der Waals surface area (Å²) in [5.74, 6) is 1.13. The predicted octanol–water partition coefficient (Wildman–Crippen LogP) is 4.71. The first kappa shape index (κ1) is 21.5. The van der Waals surface area contributed by atoms with E-state index in [4.69, 9.17) is 0 Å². The van der Waals surface area contributed by atoms with Crippen LogP contribution < -0.4 is 10.6 Å². The topological polar surface area (TPSA) is 27.3 Å². The summed E-state index contributed by atoms with van der Waals surface area (Å²) >= 11 is 3.58. The molecule has 0 saturated heterocycles. The lowest BCUT2D eigenvalue weighted by Crippen LogP contribution is -2.29. The summed E-state index contributed by atoms with van der Waals surface area (Å²) < 4.78 is 1.01. The second kappa shape index (κ2) is 11.9. The molecule has 0 amide bonds. The zero-order valence-electron chi connectivity index (χ0n) is 16.0. The van der Waals surface area contributed by atoms with Gasteiger partial charge in [0, 0.05) is 23.8 Å². The van der Waals surface area contributed by atoms with Gasteiger partial charge in [-0.3, -0.25) is 0 Å². The number of aryl methyl sites for hydroxylation is 1. The number of halogens is 1. The maximum Gasteiger partial charge on any atom is 0.101 e. The molecular formula is C21H32BrN3. The van der Waals surface area contributed by atoms with E-state index in [1.807, 2.05) is 13.1 Å². The third-order valence-corrected chi connectivity index (χ3v) is 5.22. The Balaban J connectivity index is 2.88. The lowest BCUT2D eigenvalue weighted by molar-refractivity contribution is 0.459. The van der Waals surface area contributed by atoms with Gasteiger partial charge in [0.25, 0.3) is 0 Å². The number of nitrogens with zero attached hydrogens (tertiary/aromatic N) is 1.